The van der Waals surface area contributed by atoms with E-state index in [-0.39, 0.29) is 36.7 Å². The standard InChI is InChI=1S/C12H17N3O5S/c1-8-6-15(7-9(2)20-8)21(18,19)14-10-3-4-13-11(5-10)12(16)17/h3-5,8-9H,6-7H2,1-2H3,(H,13,14)(H,16,17). The highest BCUT2D eigenvalue weighted by molar-refractivity contribution is 7.90. The summed E-state index contributed by atoms with van der Waals surface area (Å²) in [4.78, 5) is 14.5. The number of hydrogen-bond donors (Lipinski definition) is 2. The van der Waals surface area contributed by atoms with Gasteiger partial charge in [-0.1, -0.05) is 0 Å². The van der Waals surface area contributed by atoms with Crippen molar-refractivity contribution in [3.05, 3.63) is 24.0 Å². The van der Waals surface area contributed by atoms with Crippen LogP contribution in [0.3, 0.4) is 0 Å². The largest absolute Gasteiger partial charge is 0.477 e. The molecule has 2 heterocycles. The Morgan fingerprint density at radius 1 is 1.43 bits per heavy atom. The van der Waals surface area contributed by atoms with Gasteiger partial charge in [0.25, 0.3) is 0 Å². The van der Waals surface area contributed by atoms with Gasteiger partial charge < -0.3 is 9.84 Å². The molecule has 8 nitrogen and oxygen atoms in total. The molecular formula is C12H17N3O5S. The number of anilines is 1. The Labute approximate surface area is 122 Å². The van der Waals surface area contributed by atoms with Crippen LogP contribution in [0.25, 0.3) is 0 Å². The van der Waals surface area contributed by atoms with Crippen LogP contribution < -0.4 is 4.72 Å². The van der Waals surface area contributed by atoms with E-state index in [1.807, 2.05) is 0 Å². The fourth-order valence-corrected chi connectivity index (χ4v) is 3.52. The van der Waals surface area contributed by atoms with E-state index >= 15 is 0 Å². The van der Waals surface area contributed by atoms with Crippen molar-refractivity contribution in [3.8, 4) is 0 Å². The molecule has 0 saturated carbocycles. The molecule has 0 aliphatic carbocycles. The minimum atomic E-state index is -3.76. The van der Waals surface area contributed by atoms with Gasteiger partial charge in [0.05, 0.1) is 17.9 Å². The van der Waals surface area contributed by atoms with Gasteiger partial charge in [-0.15, -0.1) is 0 Å². The number of pyridine rings is 1. The fourth-order valence-electron chi connectivity index (χ4n) is 2.15. The molecule has 1 aliphatic heterocycles. The number of aromatic carboxylic acids is 1. The molecule has 0 aromatic carbocycles. The average Bonchev–Trinajstić information content (AvgIpc) is 2.37. The lowest BCUT2D eigenvalue weighted by Crippen LogP contribution is -2.49. The second-order valence-electron chi connectivity index (χ2n) is 4.92. The van der Waals surface area contributed by atoms with Gasteiger partial charge in [0, 0.05) is 19.3 Å². The van der Waals surface area contributed by atoms with Crippen molar-refractivity contribution in [1.29, 1.82) is 0 Å². The Balaban J connectivity index is 2.17. The van der Waals surface area contributed by atoms with Gasteiger partial charge in [-0.25, -0.2) is 9.78 Å². The molecule has 2 rings (SSSR count). The number of aromatic nitrogens is 1. The van der Waals surface area contributed by atoms with Crippen molar-refractivity contribution in [3.63, 3.8) is 0 Å². The Morgan fingerprint density at radius 3 is 2.62 bits per heavy atom. The summed E-state index contributed by atoms with van der Waals surface area (Å²) in [5, 5.41) is 8.86. The third kappa shape index (κ3) is 3.90. The highest BCUT2D eigenvalue weighted by Crippen LogP contribution is 2.17. The zero-order valence-electron chi connectivity index (χ0n) is 11.7. The van der Waals surface area contributed by atoms with E-state index in [0.717, 1.165) is 0 Å². The smallest absolute Gasteiger partial charge is 0.354 e. The highest BCUT2D eigenvalue weighted by atomic mass is 32.2. The van der Waals surface area contributed by atoms with Crippen LogP contribution in [0, 0.1) is 0 Å². The summed E-state index contributed by atoms with van der Waals surface area (Å²) in [5.41, 5.74) is -0.0619. The van der Waals surface area contributed by atoms with E-state index in [1.54, 1.807) is 13.8 Å². The molecule has 2 unspecified atom stereocenters. The van der Waals surface area contributed by atoms with Gasteiger partial charge in [-0.3, -0.25) is 4.72 Å². The molecule has 1 fully saturated rings. The summed E-state index contributed by atoms with van der Waals surface area (Å²) in [6.07, 6.45) is 0.848. The lowest BCUT2D eigenvalue weighted by atomic mass is 10.3. The average molecular weight is 315 g/mol. The van der Waals surface area contributed by atoms with E-state index in [1.165, 1.54) is 22.6 Å². The lowest BCUT2D eigenvalue weighted by Gasteiger charge is -2.34. The number of carboxylic acid groups (broad SMARTS) is 1. The van der Waals surface area contributed by atoms with Gasteiger partial charge in [-0.05, 0) is 26.0 Å². The number of nitrogens with one attached hydrogen (secondary N) is 1. The summed E-state index contributed by atoms with van der Waals surface area (Å²) in [5.74, 6) is -1.22. The molecule has 1 saturated heterocycles. The number of nitrogens with zero attached hydrogens (tertiary/aromatic N) is 2. The number of ether oxygens (including phenoxy) is 1. The molecule has 1 aromatic heterocycles. The number of morpholine rings is 1. The van der Waals surface area contributed by atoms with Gasteiger partial charge in [0.2, 0.25) is 0 Å². The summed E-state index contributed by atoms with van der Waals surface area (Å²) >= 11 is 0. The van der Waals surface area contributed by atoms with Gasteiger partial charge in [0.1, 0.15) is 5.69 Å². The van der Waals surface area contributed by atoms with Crippen LogP contribution in [0.4, 0.5) is 5.69 Å². The highest BCUT2D eigenvalue weighted by Gasteiger charge is 2.31. The van der Waals surface area contributed by atoms with Crippen molar-refractivity contribution >= 4 is 21.9 Å². The molecule has 1 aromatic rings. The van der Waals surface area contributed by atoms with E-state index < -0.39 is 16.2 Å². The van der Waals surface area contributed by atoms with E-state index in [4.69, 9.17) is 9.84 Å². The minimum Gasteiger partial charge on any atom is -0.477 e. The normalized spacial score (nSPS) is 23.7. The second-order valence-corrected chi connectivity index (χ2v) is 6.59. The first kappa shape index (κ1) is 15.7. The molecule has 2 atom stereocenters. The van der Waals surface area contributed by atoms with Crippen LogP contribution >= 0.6 is 0 Å². The summed E-state index contributed by atoms with van der Waals surface area (Å²) < 4.78 is 33.8. The van der Waals surface area contributed by atoms with E-state index in [2.05, 4.69) is 9.71 Å². The zero-order valence-corrected chi connectivity index (χ0v) is 12.5. The molecule has 116 valence electrons. The van der Waals surface area contributed by atoms with Gasteiger partial charge in [0.15, 0.2) is 0 Å². The van der Waals surface area contributed by atoms with Crippen molar-refractivity contribution in [2.45, 2.75) is 26.1 Å². The Kier molecular flexibility index (Phi) is 4.45. The zero-order chi connectivity index (χ0) is 15.6. The van der Waals surface area contributed by atoms with E-state index in [9.17, 15) is 13.2 Å². The van der Waals surface area contributed by atoms with Crippen LogP contribution in [-0.4, -0.2) is 54.1 Å². The summed E-state index contributed by atoms with van der Waals surface area (Å²) in [6.45, 7) is 4.09. The third-order valence-electron chi connectivity index (χ3n) is 2.95. The molecule has 21 heavy (non-hydrogen) atoms. The van der Waals surface area contributed by atoms with Crippen LogP contribution in [-0.2, 0) is 14.9 Å². The van der Waals surface area contributed by atoms with Crippen molar-refractivity contribution in [2.75, 3.05) is 17.8 Å². The molecule has 0 radical (unpaired) electrons. The van der Waals surface area contributed by atoms with Crippen molar-refractivity contribution in [1.82, 2.24) is 9.29 Å². The van der Waals surface area contributed by atoms with Crippen LogP contribution in [0.2, 0.25) is 0 Å². The molecule has 0 spiro atoms. The van der Waals surface area contributed by atoms with Gasteiger partial charge in [-0.2, -0.15) is 12.7 Å². The maximum atomic E-state index is 12.3. The Morgan fingerprint density at radius 2 is 2.05 bits per heavy atom. The molecule has 9 heteroatoms. The fraction of sp³-hybridized carbons (Fsp3) is 0.500. The SMILES string of the molecule is CC1CN(S(=O)(=O)Nc2ccnc(C(=O)O)c2)CC(C)O1. The quantitative estimate of drug-likeness (QED) is 0.839. The van der Waals surface area contributed by atoms with Crippen molar-refractivity contribution in [2.24, 2.45) is 0 Å². The first-order chi connectivity index (χ1) is 9.78. The van der Waals surface area contributed by atoms with E-state index in [0.29, 0.717) is 0 Å². The maximum absolute atomic E-state index is 12.3. The van der Waals surface area contributed by atoms with Gasteiger partial charge >= 0.3 is 16.2 Å². The monoisotopic (exact) mass is 315 g/mol. The molecule has 1 aliphatic rings. The lowest BCUT2D eigenvalue weighted by molar-refractivity contribution is -0.0439. The van der Waals surface area contributed by atoms with Crippen LogP contribution in [0.1, 0.15) is 24.3 Å². The predicted molar refractivity (Wildman–Crippen MR) is 75.3 cm³/mol. The Hall–Kier alpha value is -1.71. The molecule has 2 N–H and O–H groups in total. The topological polar surface area (TPSA) is 109 Å². The molecular weight excluding hydrogens is 298 g/mol. The number of carboxylic acids is 1. The number of hydrogen-bond acceptors (Lipinski definition) is 5. The number of rotatable bonds is 4. The van der Waals surface area contributed by atoms with Crippen LogP contribution in [0.15, 0.2) is 18.3 Å². The first-order valence-electron chi connectivity index (χ1n) is 6.40. The molecule has 0 bridgehead atoms. The first-order valence-corrected chi connectivity index (χ1v) is 7.84. The van der Waals surface area contributed by atoms with Crippen LogP contribution in [0.5, 0.6) is 0 Å². The maximum Gasteiger partial charge on any atom is 0.354 e. The predicted octanol–water partition coefficient (Wildman–Crippen LogP) is 0.546. The van der Waals surface area contributed by atoms with Crippen molar-refractivity contribution < 1.29 is 23.1 Å². The summed E-state index contributed by atoms with van der Waals surface area (Å²) in [6, 6.07) is 2.57. The Bertz CT molecular complexity index is 624. The number of carbonyl (C=O) groups is 1. The minimum absolute atomic E-state index is 0.161. The third-order valence-corrected chi connectivity index (χ3v) is 4.42. The molecule has 0 amide bonds. The summed E-state index contributed by atoms with van der Waals surface area (Å²) in [7, 11) is -3.76. The second kappa shape index (κ2) is 5.96.